The van der Waals surface area contributed by atoms with Gasteiger partial charge in [0.25, 0.3) is 5.91 Å². The lowest BCUT2D eigenvalue weighted by molar-refractivity contribution is -0.123. The number of rotatable bonds is 9. The molecule has 0 unspecified atom stereocenters. The van der Waals surface area contributed by atoms with Crippen LogP contribution in [0.5, 0.6) is 17.2 Å². The molecule has 0 aliphatic rings. The average molecular weight is 329 g/mol. The minimum Gasteiger partial charge on any atom is -0.497 e. The number of hydrogen-bond donors (Lipinski definition) is 1. The summed E-state index contributed by atoms with van der Waals surface area (Å²) in [5, 5.41) is 2.82. The first-order valence-corrected chi connectivity index (χ1v) is 7.97. The van der Waals surface area contributed by atoms with Crippen molar-refractivity contribution >= 4 is 5.91 Å². The smallest absolute Gasteiger partial charge is 0.258 e. The van der Waals surface area contributed by atoms with Crippen LogP contribution in [0.25, 0.3) is 0 Å². The molecule has 0 aromatic heterocycles. The molecule has 0 saturated carbocycles. The summed E-state index contributed by atoms with van der Waals surface area (Å²) in [6.45, 7) is 3.02. The van der Waals surface area contributed by atoms with E-state index < -0.39 is 0 Å². The Balaban J connectivity index is 1.83. The average Bonchev–Trinajstić information content (AvgIpc) is 2.63. The molecule has 128 valence electrons. The van der Waals surface area contributed by atoms with E-state index in [1.54, 1.807) is 13.2 Å². The van der Waals surface area contributed by atoms with Gasteiger partial charge in [-0.25, -0.2) is 0 Å². The first-order chi connectivity index (χ1) is 11.7. The third-order valence-corrected chi connectivity index (χ3v) is 3.29. The molecule has 1 amide bonds. The first-order valence-electron chi connectivity index (χ1n) is 7.97. The Hall–Kier alpha value is -2.69. The molecule has 1 N–H and O–H groups in total. The van der Waals surface area contributed by atoms with Crippen molar-refractivity contribution in [3.63, 3.8) is 0 Å². The van der Waals surface area contributed by atoms with Crippen molar-refractivity contribution in [1.29, 1.82) is 0 Å². The van der Waals surface area contributed by atoms with E-state index in [9.17, 15) is 4.79 Å². The number of benzene rings is 2. The van der Waals surface area contributed by atoms with Crippen molar-refractivity contribution in [3.05, 3.63) is 54.1 Å². The van der Waals surface area contributed by atoms with E-state index in [4.69, 9.17) is 14.2 Å². The maximum absolute atomic E-state index is 12.0. The highest BCUT2D eigenvalue weighted by atomic mass is 16.5. The van der Waals surface area contributed by atoms with Crippen LogP contribution in [0.4, 0.5) is 0 Å². The van der Waals surface area contributed by atoms with E-state index in [1.807, 2.05) is 49.4 Å². The van der Waals surface area contributed by atoms with Crippen LogP contribution in [-0.2, 0) is 11.3 Å². The van der Waals surface area contributed by atoms with Gasteiger partial charge in [0, 0.05) is 6.54 Å². The second-order valence-corrected chi connectivity index (χ2v) is 5.21. The van der Waals surface area contributed by atoms with Crippen LogP contribution in [-0.4, -0.2) is 26.2 Å². The molecule has 0 aliphatic carbocycles. The zero-order valence-corrected chi connectivity index (χ0v) is 14.1. The first kappa shape index (κ1) is 17.7. The van der Waals surface area contributed by atoms with E-state index in [-0.39, 0.29) is 12.5 Å². The highest BCUT2D eigenvalue weighted by molar-refractivity contribution is 5.77. The number of methoxy groups -OCH3 is 1. The zero-order chi connectivity index (χ0) is 17.2. The molecule has 0 saturated heterocycles. The second kappa shape index (κ2) is 9.45. The third-order valence-electron chi connectivity index (χ3n) is 3.29. The molecule has 2 rings (SSSR count). The molecular formula is C19H23NO4. The Kier molecular flexibility index (Phi) is 6.95. The second-order valence-electron chi connectivity index (χ2n) is 5.21. The van der Waals surface area contributed by atoms with E-state index >= 15 is 0 Å². The van der Waals surface area contributed by atoms with E-state index in [1.165, 1.54) is 0 Å². The van der Waals surface area contributed by atoms with Crippen LogP contribution >= 0.6 is 0 Å². The monoisotopic (exact) mass is 329 g/mol. The Morgan fingerprint density at radius 1 is 1.04 bits per heavy atom. The van der Waals surface area contributed by atoms with Gasteiger partial charge in [0.05, 0.1) is 13.7 Å². The predicted octanol–water partition coefficient (Wildman–Crippen LogP) is 3.18. The number of nitrogens with one attached hydrogen (secondary N) is 1. The van der Waals surface area contributed by atoms with E-state index in [0.717, 1.165) is 17.7 Å². The Morgan fingerprint density at radius 3 is 2.50 bits per heavy atom. The van der Waals surface area contributed by atoms with Gasteiger partial charge in [0.2, 0.25) is 0 Å². The van der Waals surface area contributed by atoms with E-state index in [2.05, 4.69) is 5.32 Å². The molecule has 5 nitrogen and oxygen atoms in total. The molecule has 5 heteroatoms. The van der Waals surface area contributed by atoms with Gasteiger partial charge in [-0.2, -0.15) is 0 Å². The number of amides is 1. The summed E-state index contributed by atoms with van der Waals surface area (Å²) in [6, 6.07) is 14.9. The van der Waals surface area contributed by atoms with Crippen molar-refractivity contribution in [1.82, 2.24) is 5.32 Å². The molecular weight excluding hydrogens is 306 g/mol. The van der Waals surface area contributed by atoms with Crippen LogP contribution in [0.1, 0.15) is 18.9 Å². The SMILES string of the molecule is CCCOc1ccccc1OCC(=O)NCc1cccc(OC)c1. The van der Waals surface area contributed by atoms with Gasteiger partial charge in [0.15, 0.2) is 18.1 Å². The quantitative estimate of drug-likeness (QED) is 0.768. The van der Waals surface area contributed by atoms with Gasteiger partial charge in [-0.05, 0) is 36.2 Å². The van der Waals surface area contributed by atoms with Crippen molar-refractivity contribution in [3.8, 4) is 17.2 Å². The Morgan fingerprint density at radius 2 is 1.79 bits per heavy atom. The van der Waals surface area contributed by atoms with Crippen molar-refractivity contribution in [2.75, 3.05) is 20.3 Å². The van der Waals surface area contributed by atoms with E-state index in [0.29, 0.717) is 24.7 Å². The highest BCUT2D eigenvalue weighted by Gasteiger charge is 2.07. The fourth-order valence-electron chi connectivity index (χ4n) is 2.08. The summed E-state index contributed by atoms with van der Waals surface area (Å²) in [6.07, 6.45) is 0.912. The fourth-order valence-corrected chi connectivity index (χ4v) is 2.08. The number of carbonyl (C=O) groups is 1. The molecule has 0 aliphatic heterocycles. The highest BCUT2D eigenvalue weighted by Crippen LogP contribution is 2.26. The van der Waals surface area contributed by atoms with Crippen molar-refractivity contribution in [2.24, 2.45) is 0 Å². The van der Waals surface area contributed by atoms with Gasteiger partial charge >= 0.3 is 0 Å². The summed E-state index contributed by atoms with van der Waals surface area (Å²) in [7, 11) is 1.61. The summed E-state index contributed by atoms with van der Waals surface area (Å²) >= 11 is 0. The molecule has 2 aromatic carbocycles. The maximum atomic E-state index is 12.0. The van der Waals surface area contributed by atoms with Crippen LogP contribution in [0, 0.1) is 0 Å². The third kappa shape index (κ3) is 5.50. The lowest BCUT2D eigenvalue weighted by Crippen LogP contribution is -2.28. The number of carbonyl (C=O) groups excluding carboxylic acids is 1. The lowest BCUT2D eigenvalue weighted by Gasteiger charge is -2.12. The summed E-state index contributed by atoms with van der Waals surface area (Å²) < 4.78 is 16.3. The standard InChI is InChI=1S/C19H23NO4/c1-3-11-23-17-9-4-5-10-18(17)24-14-19(21)20-13-15-7-6-8-16(12-15)22-2/h4-10,12H,3,11,13-14H2,1-2H3,(H,20,21). The maximum Gasteiger partial charge on any atom is 0.258 e. The minimum absolute atomic E-state index is 0.0591. The van der Waals surface area contributed by atoms with Crippen LogP contribution < -0.4 is 19.5 Å². The van der Waals surface area contributed by atoms with Crippen molar-refractivity contribution in [2.45, 2.75) is 19.9 Å². The van der Waals surface area contributed by atoms with Crippen LogP contribution in [0.2, 0.25) is 0 Å². The molecule has 0 fully saturated rings. The number of hydrogen-bond acceptors (Lipinski definition) is 4. The van der Waals surface area contributed by atoms with Crippen LogP contribution in [0.15, 0.2) is 48.5 Å². The number of para-hydroxylation sites is 2. The van der Waals surface area contributed by atoms with Gasteiger partial charge in [0.1, 0.15) is 5.75 Å². The topological polar surface area (TPSA) is 56.8 Å². The summed E-state index contributed by atoms with van der Waals surface area (Å²) in [4.78, 5) is 12.0. The molecule has 0 heterocycles. The summed E-state index contributed by atoms with van der Waals surface area (Å²) in [5.41, 5.74) is 0.967. The zero-order valence-electron chi connectivity index (χ0n) is 14.1. The van der Waals surface area contributed by atoms with Gasteiger partial charge in [-0.1, -0.05) is 31.2 Å². The molecule has 0 bridgehead atoms. The lowest BCUT2D eigenvalue weighted by atomic mass is 10.2. The fraction of sp³-hybridized carbons (Fsp3) is 0.316. The van der Waals surface area contributed by atoms with Gasteiger partial charge < -0.3 is 19.5 Å². The molecule has 2 aromatic rings. The van der Waals surface area contributed by atoms with Crippen molar-refractivity contribution < 1.29 is 19.0 Å². The molecule has 0 radical (unpaired) electrons. The minimum atomic E-state index is -0.192. The predicted molar refractivity (Wildman–Crippen MR) is 92.6 cm³/mol. The largest absolute Gasteiger partial charge is 0.497 e. The van der Waals surface area contributed by atoms with Crippen LogP contribution in [0.3, 0.4) is 0 Å². The Bertz CT molecular complexity index is 657. The summed E-state index contributed by atoms with van der Waals surface area (Å²) in [5.74, 6) is 1.80. The Labute approximate surface area is 142 Å². The number of ether oxygens (including phenoxy) is 3. The molecule has 0 atom stereocenters. The normalized spacial score (nSPS) is 10.1. The molecule has 24 heavy (non-hydrogen) atoms. The van der Waals surface area contributed by atoms with Gasteiger partial charge in [-0.15, -0.1) is 0 Å². The van der Waals surface area contributed by atoms with Gasteiger partial charge in [-0.3, -0.25) is 4.79 Å². The molecule has 0 spiro atoms.